The third-order valence-electron chi connectivity index (χ3n) is 3.91. The normalized spacial score (nSPS) is 30.4. The minimum atomic E-state index is -2.99. The number of hydrogen-bond donors (Lipinski definition) is 1. The van der Waals surface area contributed by atoms with Crippen molar-refractivity contribution < 1.29 is 31.7 Å². The van der Waals surface area contributed by atoms with Crippen molar-refractivity contribution in [1.29, 1.82) is 0 Å². The van der Waals surface area contributed by atoms with Crippen LogP contribution in [0.2, 0.25) is 0 Å². The van der Waals surface area contributed by atoms with Crippen molar-refractivity contribution in [3.63, 3.8) is 0 Å². The lowest BCUT2D eigenvalue weighted by molar-refractivity contribution is -0.166. The lowest BCUT2D eigenvalue weighted by Gasteiger charge is -2.28. The molecule has 2 aliphatic carbocycles. The number of rotatable bonds is 6. The summed E-state index contributed by atoms with van der Waals surface area (Å²) in [7, 11) is -2.99. The van der Waals surface area contributed by atoms with E-state index in [-0.39, 0.29) is 17.4 Å². The van der Waals surface area contributed by atoms with Gasteiger partial charge in [0.15, 0.2) is 6.61 Å². The molecule has 21 heavy (non-hydrogen) atoms. The zero-order valence-corrected chi connectivity index (χ0v) is 12.5. The fourth-order valence-corrected chi connectivity index (χ4v) is 3.52. The molecule has 2 fully saturated rings. The summed E-state index contributed by atoms with van der Waals surface area (Å²) in [6.45, 7) is 4.35. The number of esters is 2. The van der Waals surface area contributed by atoms with E-state index >= 15 is 0 Å². The van der Waals surface area contributed by atoms with E-state index in [9.17, 15) is 18.0 Å². The van der Waals surface area contributed by atoms with Gasteiger partial charge in [-0.05, 0) is 38.0 Å². The fourth-order valence-electron chi connectivity index (χ4n) is 3.03. The van der Waals surface area contributed by atoms with E-state index in [4.69, 9.17) is 13.7 Å². The largest absolute Gasteiger partial charge is 0.457 e. The summed E-state index contributed by atoms with van der Waals surface area (Å²) < 4.78 is 36.3. The maximum absolute atomic E-state index is 11.7. The van der Waals surface area contributed by atoms with E-state index in [1.165, 1.54) is 6.92 Å². The topological polar surface area (TPSA) is 96.0 Å². The van der Waals surface area contributed by atoms with Gasteiger partial charge in [-0.2, -0.15) is 0 Å². The van der Waals surface area contributed by atoms with Crippen molar-refractivity contribution in [3.8, 4) is 0 Å². The molecule has 2 saturated carbocycles. The Morgan fingerprint density at radius 3 is 2.38 bits per heavy atom. The number of thiol groups is 1. The first kappa shape index (κ1) is 16.0. The maximum Gasteiger partial charge on any atom is 0.344 e. The highest BCUT2D eigenvalue weighted by atomic mass is 32.2. The van der Waals surface area contributed by atoms with E-state index in [1.807, 2.05) is 0 Å². The third-order valence-corrected chi connectivity index (χ3v) is 4.33. The summed E-state index contributed by atoms with van der Waals surface area (Å²) in [4.78, 5) is 22.9. The van der Waals surface area contributed by atoms with E-state index in [2.05, 4.69) is 6.58 Å². The van der Waals surface area contributed by atoms with Crippen LogP contribution in [0.15, 0.2) is 12.2 Å². The Labute approximate surface area is 124 Å². The maximum atomic E-state index is 11.7. The van der Waals surface area contributed by atoms with Crippen LogP contribution in [0.3, 0.4) is 0 Å². The molecule has 0 N–H and O–H groups in total. The van der Waals surface area contributed by atoms with Crippen LogP contribution in [0.5, 0.6) is 0 Å². The molecule has 8 heteroatoms. The van der Waals surface area contributed by atoms with Crippen LogP contribution in [0.1, 0.15) is 26.2 Å². The Balaban J connectivity index is 1.89. The van der Waals surface area contributed by atoms with Gasteiger partial charge in [0.05, 0.1) is 0 Å². The molecule has 0 amide bonds. The molecule has 4 unspecified atom stereocenters. The number of ether oxygens (including phenoxy) is 2. The highest BCUT2D eigenvalue weighted by Gasteiger charge is 2.51. The molecule has 118 valence electrons. The summed E-state index contributed by atoms with van der Waals surface area (Å²) in [5.74, 6) is -1.18. The Kier molecular flexibility index (Phi) is 5.00. The van der Waals surface area contributed by atoms with Gasteiger partial charge in [0.2, 0.25) is 0 Å². The van der Waals surface area contributed by atoms with E-state index in [0.29, 0.717) is 0 Å². The molecule has 0 aliphatic heterocycles. The molecule has 0 heterocycles. The summed E-state index contributed by atoms with van der Waals surface area (Å²) in [6, 6.07) is 0. The summed E-state index contributed by atoms with van der Waals surface area (Å²) in [6.07, 6.45) is 1.33. The van der Waals surface area contributed by atoms with Crippen molar-refractivity contribution in [2.45, 2.75) is 38.4 Å². The van der Waals surface area contributed by atoms with Crippen LogP contribution in [0.4, 0.5) is 0 Å². The summed E-state index contributed by atoms with van der Waals surface area (Å²) in [5.41, 5.74) is 0.187. The molecule has 4 atom stereocenters. The SMILES string of the molecule is C=C(C)C(=O)OCC(=O)OC1C2CCC(C2)C1O[SH](=O)=O. The first-order chi connectivity index (χ1) is 9.88. The van der Waals surface area contributed by atoms with Crippen molar-refractivity contribution in [3.05, 3.63) is 12.2 Å². The minimum absolute atomic E-state index is 0.0960. The molecule has 0 aromatic carbocycles. The predicted molar refractivity (Wildman–Crippen MR) is 71.7 cm³/mol. The van der Waals surface area contributed by atoms with Gasteiger partial charge in [-0.25, -0.2) is 18.0 Å². The number of carbonyl (C=O) groups is 2. The first-order valence-corrected chi connectivity index (χ1v) is 7.81. The molecule has 0 radical (unpaired) electrons. The predicted octanol–water partition coefficient (Wildman–Crippen LogP) is 0.359. The van der Waals surface area contributed by atoms with E-state index in [1.54, 1.807) is 0 Å². The van der Waals surface area contributed by atoms with Crippen molar-refractivity contribution in [2.24, 2.45) is 11.8 Å². The molecule has 0 saturated heterocycles. The van der Waals surface area contributed by atoms with Crippen LogP contribution in [-0.4, -0.2) is 39.2 Å². The molecular weight excluding hydrogens is 300 g/mol. The quantitative estimate of drug-likeness (QED) is 0.429. The second-order valence-electron chi connectivity index (χ2n) is 5.44. The van der Waals surface area contributed by atoms with Crippen LogP contribution in [0, 0.1) is 11.8 Å². The number of carbonyl (C=O) groups excluding carboxylic acids is 2. The van der Waals surface area contributed by atoms with Gasteiger partial charge in [-0.1, -0.05) is 6.58 Å². The van der Waals surface area contributed by atoms with Gasteiger partial charge in [0.25, 0.3) is 11.0 Å². The Morgan fingerprint density at radius 1 is 1.19 bits per heavy atom. The van der Waals surface area contributed by atoms with Gasteiger partial charge < -0.3 is 9.47 Å². The molecule has 2 bridgehead atoms. The van der Waals surface area contributed by atoms with E-state index in [0.717, 1.165) is 19.3 Å². The fraction of sp³-hybridized carbons (Fsp3) is 0.692. The number of fused-ring (bicyclic) bond motifs is 2. The Bertz CT molecular complexity index is 517. The zero-order valence-electron chi connectivity index (χ0n) is 11.6. The van der Waals surface area contributed by atoms with Crippen molar-refractivity contribution in [1.82, 2.24) is 0 Å². The lowest BCUT2D eigenvalue weighted by Crippen LogP contribution is -2.39. The second-order valence-corrected chi connectivity index (χ2v) is 6.10. The minimum Gasteiger partial charge on any atom is -0.457 e. The first-order valence-electron chi connectivity index (χ1n) is 6.71. The molecule has 2 rings (SSSR count). The van der Waals surface area contributed by atoms with Crippen LogP contribution in [0.25, 0.3) is 0 Å². The zero-order chi connectivity index (χ0) is 15.6. The smallest absolute Gasteiger partial charge is 0.344 e. The lowest BCUT2D eigenvalue weighted by atomic mass is 9.95. The van der Waals surface area contributed by atoms with Crippen molar-refractivity contribution in [2.75, 3.05) is 6.61 Å². The molecular formula is C13H18O7S. The van der Waals surface area contributed by atoms with Crippen molar-refractivity contribution >= 4 is 22.9 Å². The molecule has 2 aliphatic rings. The van der Waals surface area contributed by atoms with E-state index < -0.39 is 41.7 Å². The van der Waals surface area contributed by atoms with Gasteiger partial charge >= 0.3 is 11.9 Å². The van der Waals surface area contributed by atoms with Gasteiger partial charge in [-0.3, -0.25) is 4.18 Å². The molecule has 0 aromatic rings. The van der Waals surface area contributed by atoms with Gasteiger partial charge in [-0.15, -0.1) is 0 Å². The average molecular weight is 318 g/mol. The molecule has 0 aromatic heterocycles. The Hall–Kier alpha value is -1.41. The van der Waals surface area contributed by atoms with Gasteiger partial charge in [0, 0.05) is 5.57 Å². The van der Waals surface area contributed by atoms with Crippen LogP contribution in [-0.2, 0) is 34.2 Å². The highest BCUT2D eigenvalue weighted by Crippen LogP contribution is 2.47. The van der Waals surface area contributed by atoms with Gasteiger partial charge in [0.1, 0.15) is 12.2 Å². The Morgan fingerprint density at radius 2 is 1.81 bits per heavy atom. The number of hydrogen-bond acceptors (Lipinski definition) is 7. The molecule has 7 nitrogen and oxygen atoms in total. The van der Waals surface area contributed by atoms with Crippen LogP contribution >= 0.6 is 0 Å². The highest BCUT2D eigenvalue weighted by molar-refractivity contribution is 7.67. The standard InChI is InChI=1S/C13H18O7S/c1-7(2)13(15)18-6-10(14)19-11-8-3-4-9(5-8)12(11)20-21(16)17/h8-9,11-12,21H,1,3-6H2,2H3. The second kappa shape index (κ2) is 6.57. The monoisotopic (exact) mass is 318 g/mol. The van der Waals surface area contributed by atoms with Crippen LogP contribution < -0.4 is 0 Å². The third kappa shape index (κ3) is 3.82. The summed E-state index contributed by atoms with van der Waals surface area (Å²) in [5, 5.41) is 0. The molecule has 0 spiro atoms. The summed E-state index contributed by atoms with van der Waals surface area (Å²) >= 11 is 0. The average Bonchev–Trinajstić information content (AvgIpc) is 2.98.